The molecule has 2 aliphatic carbocycles. The molecule has 1 N–H and O–H groups in total. The van der Waals surface area contributed by atoms with Gasteiger partial charge in [-0.3, -0.25) is 10.1 Å². The summed E-state index contributed by atoms with van der Waals surface area (Å²) in [7, 11) is 0. The number of nitrogens with zero attached hydrogens (tertiary/aromatic N) is 3. The van der Waals surface area contributed by atoms with Crippen molar-refractivity contribution in [2.75, 3.05) is 11.9 Å². The number of aromatic nitrogens is 2. The van der Waals surface area contributed by atoms with Gasteiger partial charge in [-0.2, -0.15) is 0 Å². The average molecular weight is 443 g/mol. The number of hydrogen-bond acceptors (Lipinski definition) is 6. The molecular weight excluding hydrogens is 412 g/mol. The quantitative estimate of drug-likeness (QED) is 0.687. The second kappa shape index (κ2) is 8.22. The van der Waals surface area contributed by atoms with E-state index < -0.39 is 5.60 Å². The number of carbonyl (C=O) groups excluding carboxylic acids is 2. The Morgan fingerprint density at radius 2 is 1.97 bits per heavy atom. The molecular formula is C23H30N4O3S. The van der Waals surface area contributed by atoms with Crippen LogP contribution in [0.15, 0.2) is 18.2 Å². The summed E-state index contributed by atoms with van der Waals surface area (Å²) < 4.78 is 5.69. The van der Waals surface area contributed by atoms with Crippen molar-refractivity contribution in [1.29, 1.82) is 0 Å². The lowest BCUT2D eigenvalue weighted by atomic mass is 10.0. The number of nitrogens with one attached hydrogen (secondary N) is 1. The summed E-state index contributed by atoms with van der Waals surface area (Å²) >= 11 is 1.35. The number of rotatable bonds is 6. The van der Waals surface area contributed by atoms with Crippen LogP contribution in [0.5, 0.6) is 0 Å². The maximum Gasteiger partial charge on any atom is 0.410 e. The molecule has 0 unspecified atom stereocenters. The highest BCUT2D eigenvalue weighted by Gasteiger charge is 2.48. The van der Waals surface area contributed by atoms with Gasteiger partial charge < -0.3 is 9.64 Å². The zero-order valence-corrected chi connectivity index (χ0v) is 19.6. The van der Waals surface area contributed by atoms with E-state index in [1.54, 1.807) is 0 Å². The van der Waals surface area contributed by atoms with E-state index >= 15 is 0 Å². The molecule has 1 heterocycles. The summed E-state index contributed by atoms with van der Waals surface area (Å²) in [4.78, 5) is 27.5. The summed E-state index contributed by atoms with van der Waals surface area (Å²) in [6.07, 6.45) is 3.02. The molecule has 0 bridgehead atoms. The molecule has 2 atom stereocenters. The van der Waals surface area contributed by atoms with Crippen LogP contribution in [0.4, 0.5) is 9.93 Å². The smallest absolute Gasteiger partial charge is 0.410 e. The second-order valence-electron chi connectivity index (χ2n) is 9.64. The molecule has 31 heavy (non-hydrogen) atoms. The van der Waals surface area contributed by atoms with Crippen molar-refractivity contribution in [1.82, 2.24) is 15.1 Å². The van der Waals surface area contributed by atoms with Crippen molar-refractivity contribution in [2.45, 2.75) is 71.4 Å². The summed E-state index contributed by atoms with van der Waals surface area (Å²) in [6, 6.07) is 5.88. The predicted molar refractivity (Wildman–Crippen MR) is 121 cm³/mol. The summed E-state index contributed by atoms with van der Waals surface area (Å²) in [5.41, 5.74) is 2.33. The number of carbonyl (C=O) groups is 2. The van der Waals surface area contributed by atoms with Crippen LogP contribution in [0.1, 0.15) is 72.4 Å². The Hall–Kier alpha value is -2.48. The van der Waals surface area contributed by atoms with Gasteiger partial charge in [-0.15, -0.1) is 10.2 Å². The number of anilines is 1. The van der Waals surface area contributed by atoms with E-state index in [0.717, 1.165) is 29.1 Å². The van der Waals surface area contributed by atoms with E-state index in [-0.39, 0.29) is 24.0 Å². The van der Waals surface area contributed by atoms with Crippen LogP contribution in [0, 0.1) is 19.8 Å². The van der Waals surface area contributed by atoms with Crippen molar-refractivity contribution < 1.29 is 14.3 Å². The zero-order chi connectivity index (χ0) is 22.3. The highest BCUT2D eigenvalue weighted by atomic mass is 32.1. The van der Waals surface area contributed by atoms with Crippen LogP contribution in [-0.4, -0.2) is 45.3 Å². The topological polar surface area (TPSA) is 84.4 Å². The Bertz CT molecular complexity index is 993. The van der Waals surface area contributed by atoms with Gasteiger partial charge in [-0.1, -0.05) is 17.4 Å². The van der Waals surface area contributed by atoms with Crippen molar-refractivity contribution in [3.05, 3.63) is 39.9 Å². The fourth-order valence-electron chi connectivity index (χ4n) is 3.80. The molecule has 2 aliphatic rings. The Morgan fingerprint density at radius 3 is 2.58 bits per heavy atom. The molecule has 2 saturated carbocycles. The van der Waals surface area contributed by atoms with E-state index in [4.69, 9.17) is 4.74 Å². The van der Waals surface area contributed by atoms with E-state index in [9.17, 15) is 9.59 Å². The maximum absolute atomic E-state index is 12.9. The summed E-state index contributed by atoms with van der Waals surface area (Å²) in [5.74, 6) is 0.613. The Balaban J connectivity index is 1.49. The van der Waals surface area contributed by atoms with Crippen molar-refractivity contribution >= 4 is 28.5 Å². The molecule has 2 amide bonds. The molecule has 1 aromatic carbocycles. The van der Waals surface area contributed by atoms with Gasteiger partial charge in [0.25, 0.3) is 5.91 Å². The second-order valence-corrected chi connectivity index (χ2v) is 10.8. The molecule has 1 aromatic heterocycles. The van der Waals surface area contributed by atoms with Crippen LogP contribution in [-0.2, 0) is 4.74 Å². The number of hydrogen-bond donors (Lipinski definition) is 1. The standard InChI is InChI=1S/C23H30N4O3S/c1-13-6-9-16(20(28)24-21-26-25-14(2)31-21)10-17(13)18-11-19(18)27(12-15-7-8-15)22(29)30-23(3,4)5/h6,9-10,15,18-19H,7-8,11-12H2,1-5H3,(H,24,26,28)/t18-,19+/m0/s1. The molecule has 2 fully saturated rings. The van der Waals surface area contributed by atoms with Gasteiger partial charge in [0.1, 0.15) is 10.6 Å². The van der Waals surface area contributed by atoms with Gasteiger partial charge in [0, 0.05) is 24.1 Å². The zero-order valence-electron chi connectivity index (χ0n) is 18.8. The maximum atomic E-state index is 12.9. The van der Waals surface area contributed by atoms with Gasteiger partial charge >= 0.3 is 6.09 Å². The van der Waals surface area contributed by atoms with Gasteiger partial charge in [0.15, 0.2) is 0 Å². The molecule has 2 aromatic rings. The fraction of sp³-hybridized carbons (Fsp3) is 0.565. The normalized spacial score (nSPS) is 20.3. The molecule has 0 saturated heterocycles. The molecule has 4 rings (SSSR count). The van der Waals surface area contributed by atoms with Crippen molar-refractivity contribution in [2.24, 2.45) is 5.92 Å². The third-order valence-electron chi connectivity index (χ3n) is 5.62. The third kappa shape index (κ3) is 5.42. The SMILES string of the molecule is Cc1nnc(NC(=O)c2ccc(C)c([C@@H]3C[C@H]3N(CC3CC3)C(=O)OC(C)(C)C)c2)s1. The Morgan fingerprint density at radius 1 is 1.23 bits per heavy atom. The van der Waals surface area contributed by atoms with Gasteiger partial charge in [-0.25, -0.2) is 4.79 Å². The van der Waals surface area contributed by atoms with E-state index in [1.807, 2.05) is 50.8 Å². The third-order valence-corrected chi connectivity index (χ3v) is 6.38. The van der Waals surface area contributed by atoms with Crippen LogP contribution >= 0.6 is 11.3 Å². The monoisotopic (exact) mass is 442 g/mol. The number of benzene rings is 1. The molecule has 7 nitrogen and oxygen atoms in total. The number of aryl methyl sites for hydroxylation is 2. The Labute approximate surface area is 187 Å². The lowest BCUT2D eigenvalue weighted by molar-refractivity contribution is 0.0220. The molecule has 0 spiro atoms. The molecule has 8 heteroatoms. The Kier molecular flexibility index (Phi) is 5.77. The highest BCUT2D eigenvalue weighted by Crippen LogP contribution is 2.48. The van der Waals surface area contributed by atoms with E-state index in [1.165, 1.54) is 24.2 Å². The minimum Gasteiger partial charge on any atom is -0.444 e. The lowest BCUT2D eigenvalue weighted by Gasteiger charge is -2.28. The van der Waals surface area contributed by atoms with Gasteiger partial charge in [0.2, 0.25) is 5.13 Å². The predicted octanol–water partition coefficient (Wildman–Crippen LogP) is 4.91. The number of ether oxygens (including phenoxy) is 1. The minimum atomic E-state index is -0.514. The van der Waals surface area contributed by atoms with Crippen molar-refractivity contribution in [3.63, 3.8) is 0 Å². The van der Waals surface area contributed by atoms with Crippen LogP contribution in [0.25, 0.3) is 0 Å². The summed E-state index contributed by atoms with van der Waals surface area (Å²) in [6.45, 7) is 10.4. The van der Waals surface area contributed by atoms with Crippen LogP contribution in [0.3, 0.4) is 0 Å². The molecule has 166 valence electrons. The summed E-state index contributed by atoms with van der Waals surface area (Å²) in [5, 5.41) is 12.0. The van der Waals surface area contributed by atoms with Gasteiger partial charge in [0.05, 0.1) is 0 Å². The van der Waals surface area contributed by atoms with Crippen LogP contribution < -0.4 is 5.32 Å². The number of amides is 2. The molecule has 0 aliphatic heterocycles. The van der Waals surface area contributed by atoms with E-state index in [2.05, 4.69) is 22.4 Å². The highest BCUT2D eigenvalue weighted by molar-refractivity contribution is 7.15. The lowest BCUT2D eigenvalue weighted by Crippen LogP contribution is -2.40. The largest absolute Gasteiger partial charge is 0.444 e. The van der Waals surface area contributed by atoms with Crippen molar-refractivity contribution in [3.8, 4) is 0 Å². The first-order valence-corrected chi connectivity index (χ1v) is 11.6. The van der Waals surface area contributed by atoms with Gasteiger partial charge in [-0.05, 0) is 83.1 Å². The first-order chi connectivity index (χ1) is 14.6. The first-order valence-electron chi connectivity index (χ1n) is 10.8. The fourth-order valence-corrected chi connectivity index (χ4v) is 4.39. The van der Waals surface area contributed by atoms with E-state index in [0.29, 0.717) is 16.6 Å². The average Bonchev–Trinajstić information content (AvgIpc) is 3.58. The first kappa shape index (κ1) is 21.7. The minimum absolute atomic E-state index is 0.123. The van der Waals surface area contributed by atoms with Crippen LogP contribution in [0.2, 0.25) is 0 Å². The molecule has 0 radical (unpaired) electrons.